The number of benzene rings is 1. The molecule has 8 nitrogen and oxygen atoms in total. The van der Waals surface area contributed by atoms with Gasteiger partial charge in [-0.3, -0.25) is 24.6 Å². The van der Waals surface area contributed by atoms with E-state index in [0.29, 0.717) is 23.7 Å². The molecule has 1 aromatic carbocycles. The molecule has 9 heteroatoms. The van der Waals surface area contributed by atoms with Crippen LogP contribution in [0.2, 0.25) is 0 Å². The number of hydrogen-bond donors (Lipinski definition) is 2. The van der Waals surface area contributed by atoms with Gasteiger partial charge in [-0.25, -0.2) is 0 Å². The topological polar surface area (TPSA) is 111 Å². The highest BCUT2D eigenvalue weighted by Gasteiger charge is 2.32. The van der Waals surface area contributed by atoms with Crippen molar-refractivity contribution in [3.63, 3.8) is 0 Å². The number of rotatable bonds is 8. The van der Waals surface area contributed by atoms with Gasteiger partial charge in [0.1, 0.15) is 5.57 Å². The number of ether oxygens (including phenoxy) is 2. The predicted molar refractivity (Wildman–Crippen MR) is 103 cm³/mol. The first-order chi connectivity index (χ1) is 12.9. The Hall–Kier alpha value is -3.20. The molecule has 2 rings (SSSR count). The number of primary amides is 1. The lowest BCUT2D eigenvalue weighted by Gasteiger charge is -2.27. The maximum absolute atomic E-state index is 12.5. The Balaban J connectivity index is 2.35. The van der Waals surface area contributed by atoms with Crippen molar-refractivity contribution >= 4 is 41.1 Å². The number of hydrogen-bond acceptors (Lipinski definition) is 6. The zero-order valence-electron chi connectivity index (χ0n) is 14.7. The van der Waals surface area contributed by atoms with Crippen molar-refractivity contribution in [1.82, 2.24) is 10.2 Å². The van der Waals surface area contributed by atoms with Crippen molar-refractivity contribution in [2.24, 2.45) is 5.73 Å². The predicted octanol–water partition coefficient (Wildman–Crippen LogP) is 0.762. The maximum Gasteiger partial charge on any atom is 0.265 e. The van der Waals surface area contributed by atoms with Crippen LogP contribution in [0.3, 0.4) is 0 Å². The van der Waals surface area contributed by atoms with Gasteiger partial charge in [-0.05, 0) is 42.9 Å². The summed E-state index contributed by atoms with van der Waals surface area (Å²) in [5, 5.41) is 2.51. The first-order valence-corrected chi connectivity index (χ1v) is 8.46. The molecule has 1 aliphatic heterocycles. The fourth-order valence-corrected chi connectivity index (χ4v) is 2.56. The van der Waals surface area contributed by atoms with Crippen molar-refractivity contribution in [3.8, 4) is 11.5 Å². The van der Waals surface area contributed by atoms with Crippen LogP contribution in [0.15, 0.2) is 36.4 Å². The van der Waals surface area contributed by atoms with Crippen molar-refractivity contribution in [3.05, 3.63) is 42.0 Å². The zero-order chi connectivity index (χ0) is 20.0. The van der Waals surface area contributed by atoms with E-state index in [1.165, 1.54) is 17.1 Å². The normalized spacial score (nSPS) is 15.5. The molecular weight excluding hydrogens is 370 g/mol. The van der Waals surface area contributed by atoms with Crippen molar-refractivity contribution in [2.45, 2.75) is 6.92 Å². The monoisotopic (exact) mass is 389 g/mol. The number of amides is 3. The van der Waals surface area contributed by atoms with Crippen molar-refractivity contribution in [1.29, 1.82) is 0 Å². The fourth-order valence-electron chi connectivity index (χ4n) is 2.31. The summed E-state index contributed by atoms with van der Waals surface area (Å²) < 4.78 is 10.8. The van der Waals surface area contributed by atoms with E-state index in [9.17, 15) is 14.4 Å². The number of nitrogens with one attached hydrogen (secondary N) is 1. The maximum atomic E-state index is 12.5. The molecule has 0 saturated carbocycles. The Kier molecular flexibility index (Phi) is 6.67. The number of carbonyl (C=O) groups is 3. The Morgan fingerprint density at radius 2 is 2.07 bits per heavy atom. The van der Waals surface area contributed by atoms with E-state index in [0.717, 1.165) is 0 Å². The fraction of sp³-hybridized carbons (Fsp3) is 0.222. The van der Waals surface area contributed by atoms with E-state index in [-0.39, 0.29) is 23.8 Å². The molecule has 1 heterocycles. The summed E-state index contributed by atoms with van der Waals surface area (Å²) in [4.78, 5) is 36.9. The number of nitrogens with two attached hydrogens (primary N) is 1. The summed E-state index contributed by atoms with van der Waals surface area (Å²) >= 11 is 5.01. The quantitative estimate of drug-likeness (QED) is 0.294. The summed E-state index contributed by atoms with van der Waals surface area (Å²) in [5.74, 6) is -1.04. The Morgan fingerprint density at radius 1 is 1.33 bits per heavy atom. The van der Waals surface area contributed by atoms with Gasteiger partial charge in [-0.2, -0.15) is 0 Å². The minimum atomic E-state index is -0.619. The smallest absolute Gasteiger partial charge is 0.265 e. The van der Waals surface area contributed by atoms with Crippen LogP contribution in [0.1, 0.15) is 12.5 Å². The molecule has 1 saturated heterocycles. The highest BCUT2D eigenvalue weighted by atomic mass is 32.1. The summed E-state index contributed by atoms with van der Waals surface area (Å²) in [7, 11) is 0. The molecule has 1 aromatic rings. The third-order valence-corrected chi connectivity index (χ3v) is 3.77. The molecule has 0 radical (unpaired) electrons. The molecule has 3 N–H and O–H groups in total. The standard InChI is InChI=1S/C18H19N3O5S/c1-3-7-21-17(24)12(16(23)20-18(21)27)8-11-5-6-13(26-10-15(19)22)14(9-11)25-4-2/h3,5-6,8-9H,1,4,7,10H2,2H3,(H2,19,22)(H,20,23,27)/b12-8+. The Morgan fingerprint density at radius 3 is 2.70 bits per heavy atom. The van der Waals surface area contributed by atoms with Crippen LogP contribution in [0.4, 0.5) is 0 Å². The third kappa shape index (κ3) is 4.91. The molecular formula is C18H19N3O5S. The lowest BCUT2D eigenvalue weighted by atomic mass is 10.1. The molecule has 0 aromatic heterocycles. The minimum Gasteiger partial charge on any atom is -0.490 e. The molecule has 0 spiro atoms. The highest BCUT2D eigenvalue weighted by Crippen LogP contribution is 2.29. The van der Waals surface area contributed by atoms with E-state index in [4.69, 9.17) is 27.4 Å². The molecule has 3 amide bonds. The average molecular weight is 389 g/mol. The van der Waals surface area contributed by atoms with Crippen LogP contribution in [-0.2, 0) is 14.4 Å². The van der Waals surface area contributed by atoms with Crippen LogP contribution >= 0.6 is 12.2 Å². The van der Waals surface area contributed by atoms with Crippen LogP contribution < -0.4 is 20.5 Å². The average Bonchev–Trinajstić information content (AvgIpc) is 2.61. The van der Waals surface area contributed by atoms with Crippen molar-refractivity contribution in [2.75, 3.05) is 19.8 Å². The molecule has 0 aliphatic carbocycles. The van der Waals surface area contributed by atoms with Gasteiger partial charge in [0.2, 0.25) is 0 Å². The molecule has 0 atom stereocenters. The highest BCUT2D eigenvalue weighted by molar-refractivity contribution is 7.80. The van der Waals surface area contributed by atoms with Gasteiger partial charge in [-0.15, -0.1) is 6.58 Å². The van der Waals surface area contributed by atoms with E-state index in [1.54, 1.807) is 25.1 Å². The second-order valence-electron chi connectivity index (χ2n) is 5.42. The first kappa shape index (κ1) is 20.1. The number of thiocarbonyl (C=S) groups is 1. The van der Waals surface area contributed by atoms with Gasteiger partial charge >= 0.3 is 0 Å². The first-order valence-electron chi connectivity index (χ1n) is 8.05. The van der Waals surface area contributed by atoms with E-state index >= 15 is 0 Å². The van der Waals surface area contributed by atoms with Crippen LogP contribution in [0.25, 0.3) is 6.08 Å². The summed E-state index contributed by atoms with van der Waals surface area (Å²) in [6.45, 7) is 5.60. The molecule has 1 aliphatic rings. The van der Waals surface area contributed by atoms with Gasteiger partial charge in [-0.1, -0.05) is 12.1 Å². The second kappa shape index (κ2) is 8.95. The van der Waals surface area contributed by atoms with Gasteiger partial charge < -0.3 is 15.2 Å². The van der Waals surface area contributed by atoms with Gasteiger partial charge in [0.15, 0.2) is 23.2 Å². The van der Waals surface area contributed by atoms with Gasteiger partial charge in [0, 0.05) is 6.54 Å². The molecule has 0 bridgehead atoms. The van der Waals surface area contributed by atoms with E-state index in [2.05, 4.69) is 11.9 Å². The summed E-state index contributed by atoms with van der Waals surface area (Å²) in [5.41, 5.74) is 5.55. The molecule has 142 valence electrons. The molecule has 27 heavy (non-hydrogen) atoms. The van der Waals surface area contributed by atoms with Crippen molar-refractivity contribution < 1.29 is 23.9 Å². The lowest BCUT2D eigenvalue weighted by molar-refractivity contribution is -0.128. The van der Waals surface area contributed by atoms with Gasteiger partial charge in [0.05, 0.1) is 6.61 Å². The van der Waals surface area contributed by atoms with Gasteiger partial charge in [0.25, 0.3) is 17.7 Å². The molecule has 1 fully saturated rings. The number of nitrogens with zero attached hydrogens (tertiary/aromatic N) is 1. The minimum absolute atomic E-state index is 0.0345. The summed E-state index contributed by atoms with van der Waals surface area (Å²) in [6, 6.07) is 4.78. The van der Waals surface area contributed by atoms with Crippen LogP contribution in [0, 0.1) is 0 Å². The Bertz CT molecular complexity index is 834. The SMILES string of the molecule is C=CCN1C(=O)/C(=C/c2ccc(OCC(N)=O)c(OCC)c2)C(=O)NC1=S. The second-order valence-corrected chi connectivity index (χ2v) is 5.80. The van der Waals surface area contributed by atoms with E-state index < -0.39 is 17.7 Å². The lowest BCUT2D eigenvalue weighted by Crippen LogP contribution is -2.53. The third-order valence-electron chi connectivity index (χ3n) is 3.45. The number of carbonyl (C=O) groups excluding carboxylic acids is 3. The largest absolute Gasteiger partial charge is 0.490 e. The summed E-state index contributed by atoms with van der Waals surface area (Å²) in [6.07, 6.45) is 2.94. The zero-order valence-corrected chi connectivity index (χ0v) is 15.5. The van der Waals surface area contributed by atoms with Crippen LogP contribution in [0.5, 0.6) is 11.5 Å². The van der Waals surface area contributed by atoms with Crippen LogP contribution in [-0.4, -0.2) is 47.5 Å². The van der Waals surface area contributed by atoms with E-state index in [1.807, 2.05) is 0 Å². The Labute approximate surface area is 161 Å². The molecule has 0 unspecified atom stereocenters.